The molecule has 0 fully saturated rings. The summed E-state index contributed by atoms with van der Waals surface area (Å²) in [5.41, 5.74) is 1.49. The molecular weight excluding hydrogens is 208 g/mol. The first-order valence-electron chi connectivity index (χ1n) is 6.94. The van der Waals surface area contributed by atoms with Crippen molar-refractivity contribution in [2.24, 2.45) is 10.9 Å². The molecule has 0 aromatic carbocycles. The number of hydrogen-bond donors (Lipinski definition) is 0. The van der Waals surface area contributed by atoms with E-state index in [1.165, 1.54) is 43.5 Å². The third-order valence-corrected chi connectivity index (χ3v) is 4.33. The number of rotatable bonds is 1. The molecule has 0 amide bonds. The van der Waals surface area contributed by atoms with Gasteiger partial charge in [-0.2, -0.15) is 0 Å². The largest absolute Gasteiger partial charge is 0.354 e. The topological polar surface area (TPSA) is 15.6 Å². The summed E-state index contributed by atoms with van der Waals surface area (Å²) in [5, 5.41) is 0. The van der Waals surface area contributed by atoms with Gasteiger partial charge in [0.2, 0.25) is 0 Å². The normalized spacial score (nSPS) is 36.6. The van der Waals surface area contributed by atoms with Crippen molar-refractivity contribution in [2.75, 3.05) is 7.05 Å². The van der Waals surface area contributed by atoms with Gasteiger partial charge in [0.1, 0.15) is 5.84 Å². The van der Waals surface area contributed by atoms with Gasteiger partial charge >= 0.3 is 0 Å². The van der Waals surface area contributed by atoms with Crippen LogP contribution in [-0.4, -0.2) is 29.9 Å². The van der Waals surface area contributed by atoms with Crippen LogP contribution in [0.5, 0.6) is 0 Å². The molecule has 2 nitrogen and oxygen atoms in total. The maximum atomic E-state index is 4.94. The Morgan fingerprint density at radius 2 is 2.18 bits per heavy atom. The lowest BCUT2D eigenvalue weighted by Crippen LogP contribution is -2.39. The molecule has 2 aliphatic carbocycles. The Kier molecular flexibility index (Phi) is 2.81. The fraction of sp³-hybridized carbons (Fsp3) is 0.667. The van der Waals surface area contributed by atoms with Gasteiger partial charge in [0, 0.05) is 7.05 Å². The number of hydrogen-bond acceptors (Lipinski definition) is 2. The third kappa shape index (κ3) is 1.94. The summed E-state index contributed by atoms with van der Waals surface area (Å²) < 4.78 is 0. The molecule has 0 saturated carbocycles. The SMILES string of the molecule is CC1C=CC2N=C(C3=CCCCC3)N(C)C2C1. The van der Waals surface area contributed by atoms with E-state index >= 15 is 0 Å². The van der Waals surface area contributed by atoms with E-state index in [0.29, 0.717) is 18.0 Å². The van der Waals surface area contributed by atoms with Crippen LogP contribution in [0, 0.1) is 5.92 Å². The van der Waals surface area contributed by atoms with Gasteiger partial charge in [-0.1, -0.05) is 25.2 Å². The summed E-state index contributed by atoms with van der Waals surface area (Å²) in [7, 11) is 2.23. The molecule has 17 heavy (non-hydrogen) atoms. The van der Waals surface area contributed by atoms with Crippen molar-refractivity contribution in [1.82, 2.24) is 4.90 Å². The van der Waals surface area contributed by atoms with E-state index in [1.807, 2.05) is 0 Å². The van der Waals surface area contributed by atoms with Crippen LogP contribution in [0.4, 0.5) is 0 Å². The fourth-order valence-corrected chi connectivity index (χ4v) is 3.29. The lowest BCUT2D eigenvalue weighted by molar-refractivity contribution is 0.316. The van der Waals surface area contributed by atoms with Crippen LogP contribution in [0.25, 0.3) is 0 Å². The summed E-state index contributed by atoms with van der Waals surface area (Å²) in [6.07, 6.45) is 13.4. The summed E-state index contributed by atoms with van der Waals surface area (Å²) in [4.78, 5) is 7.37. The van der Waals surface area contributed by atoms with Gasteiger partial charge in [-0.15, -0.1) is 0 Å². The zero-order chi connectivity index (χ0) is 11.8. The van der Waals surface area contributed by atoms with Gasteiger partial charge < -0.3 is 4.90 Å². The van der Waals surface area contributed by atoms with Crippen molar-refractivity contribution in [3.05, 3.63) is 23.8 Å². The van der Waals surface area contributed by atoms with E-state index in [4.69, 9.17) is 4.99 Å². The Morgan fingerprint density at radius 3 is 2.94 bits per heavy atom. The number of aliphatic imine (C=N–C) groups is 1. The lowest BCUT2D eigenvalue weighted by atomic mass is 9.90. The minimum absolute atomic E-state index is 0.411. The van der Waals surface area contributed by atoms with Gasteiger partial charge in [0.05, 0.1) is 12.1 Å². The van der Waals surface area contributed by atoms with Gasteiger partial charge in [-0.25, -0.2) is 0 Å². The maximum Gasteiger partial charge on any atom is 0.127 e. The summed E-state index contributed by atoms with van der Waals surface area (Å²) in [5.74, 6) is 1.98. The number of likely N-dealkylation sites (N-methyl/N-ethyl adjacent to an activating group) is 1. The Balaban J connectivity index is 1.84. The van der Waals surface area contributed by atoms with E-state index in [2.05, 4.69) is 37.1 Å². The second kappa shape index (κ2) is 4.32. The maximum absolute atomic E-state index is 4.94. The zero-order valence-electron chi connectivity index (χ0n) is 10.9. The van der Waals surface area contributed by atoms with Crippen molar-refractivity contribution in [1.29, 1.82) is 0 Å². The molecule has 0 spiro atoms. The minimum Gasteiger partial charge on any atom is -0.354 e. The van der Waals surface area contributed by atoms with Crippen LogP contribution in [0.15, 0.2) is 28.8 Å². The van der Waals surface area contributed by atoms with Crippen LogP contribution in [0.3, 0.4) is 0 Å². The van der Waals surface area contributed by atoms with E-state index < -0.39 is 0 Å². The highest BCUT2D eigenvalue weighted by atomic mass is 15.3. The molecule has 0 aromatic heterocycles. The summed E-state index contributed by atoms with van der Waals surface area (Å²) >= 11 is 0. The first-order valence-corrected chi connectivity index (χ1v) is 6.94. The number of fused-ring (bicyclic) bond motifs is 1. The van der Waals surface area contributed by atoms with Crippen LogP contribution in [0.1, 0.15) is 39.0 Å². The molecular formula is C15H22N2. The molecule has 3 unspecified atom stereocenters. The minimum atomic E-state index is 0.411. The van der Waals surface area contributed by atoms with Crippen molar-refractivity contribution in [3.63, 3.8) is 0 Å². The molecule has 0 N–H and O–H groups in total. The van der Waals surface area contributed by atoms with E-state index in [0.717, 1.165) is 0 Å². The Hall–Kier alpha value is -1.05. The van der Waals surface area contributed by atoms with E-state index in [9.17, 15) is 0 Å². The van der Waals surface area contributed by atoms with Crippen molar-refractivity contribution in [2.45, 2.75) is 51.1 Å². The number of allylic oxidation sites excluding steroid dienone is 2. The van der Waals surface area contributed by atoms with Crippen LogP contribution < -0.4 is 0 Å². The average Bonchev–Trinajstić information content (AvgIpc) is 2.68. The predicted molar refractivity (Wildman–Crippen MR) is 72.2 cm³/mol. The molecule has 92 valence electrons. The molecule has 1 aliphatic heterocycles. The molecule has 3 atom stereocenters. The van der Waals surface area contributed by atoms with E-state index in [1.54, 1.807) is 0 Å². The van der Waals surface area contributed by atoms with Crippen LogP contribution in [0.2, 0.25) is 0 Å². The highest BCUT2D eigenvalue weighted by molar-refractivity contribution is 6.00. The number of nitrogens with zero attached hydrogens (tertiary/aromatic N) is 2. The quantitative estimate of drug-likeness (QED) is 0.632. The van der Waals surface area contributed by atoms with Crippen LogP contribution >= 0.6 is 0 Å². The first kappa shape index (κ1) is 11.1. The number of amidine groups is 1. The van der Waals surface area contributed by atoms with Crippen LogP contribution in [-0.2, 0) is 0 Å². The second-order valence-corrected chi connectivity index (χ2v) is 5.69. The van der Waals surface area contributed by atoms with Gasteiger partial charge in [-0.05, 0) is 43.6 Å². The van der Waals surface area contributed by atoms with E-state index in [-0.39, 0.29) is 0 Å². The summed E-state index contributed by atoms with van der Waals surface area (Å²) in [6.45, 7) is 2.30. The van der Waals surface area contributed by atoms with Gasteiger partial charge in [0.25, 0.3) is 0 Å². The molecule has 0 bridgehead atoms. The molecule has 0 saturated heterocycles. The van der Waals surface area contributed by atoms with Crippen molar-refractivity contribution >= 4 is 5.84 Å². The molecule has 3 rings (SSSR count). The van der Waals surface area contributed by atoms with Crippen molar-refractivity contribution < 1.29 is 0 Å². The first-order chi connectivity index (χ1) is 8.25. The van der Waals surface area contributed by atoms with Crippen molar-refractivity contribution in [3.8, 4) is 0 Å². The zero-order valence-corrected chi connectivity index (χ0v) is 10.9. The van der Waals surface area contributed by atoms with Gasteiger partial charge in [-0.3, -0.25) is 4.99 Å². The smallest absolute Gasteiger partial charge is 0.127 e. The highest BCUT2D eigenvalue weighted by Gasteiger charge is 2.36. The highest BCUT2D eigenvalue weighted by Crippen LogP contribution is 2.32. The molecule has 0 aromatic rings. The summed E-state index contributed by atoms with van der Waals surface area (Å²) in [6, 6.07) is 1.02. The Bertz CT molecular complexity index is 392. The average molecular weight is 230 g/mol. The molecule has 3 aliphatic rings. The molecule has 2 heteroatoms. The van der Waals surface area contributed by atoms with Gasteiger partial charge in [0.15, 0.2) is 0 Å². The predicted octanol–water partition coefficient (Wildman–Crippen LogP) is 3.16. The monoisotopic (exact) mass is 230 g/mol. The third-order valence-electron chi connectivity index (χ3n) is 4.33. The molecule has 1 heterocycles. The Morgan fingerprint density at radius 1 is 1.29 bits per heavy atom. The molecule has 0 radical (unpaired) electrons. The fourth-order valence-electron chi connectivity index (χ4n) is 3.29. The second-order valence-electron chi connectivity index (χ2n) is 5.69. The lowest BCUT2D eigenvalue weighted by Gasteiger charge is -2.31. The standard InChI is InChI=1S/C15H22N2/c1-11-8-9-13-14(10-11)17(2)15(16-13)12-6-4-3-5-7-12/h6,8-9,11,13-14H,3-5,7,10H2,1-2H3. The Labute approximate surface area is 104 Å².